The largest absolute Gasteiger partial charge is 0.517 e. The third-order valence-corrected chi connectivity index (χ3v) is 14.8. The molecule has 2 aromatic rings. The number of fused-ring (bicyclic) bond motifs is 4. The van der Waals surface area contributed by atoms with Crippen LogP contribution < -0.4 is 5.32 Å². The van der Waals surface area contributed by atoms with Crippen molar-refractivity contribution in [2.45, 2.75) is 167 Å². The smallest absolute Gasteiger partial charge is 0.455 e. The maximum atomic E-state index is 15.7. The molecule has 0 radical (unpaired) electrons. The average molecular weight is 988 g/mol. The highest BCUT2D eigenvalue weighted by Gasteiger charge is 2.84. The van der Waals surface area contributed by atoms with Gasteiger partial charge in [-0.05, 0) is 81.7 Å². The van der Waals surface area contributed by atoms with Crippen molar-refractivity contribution >= 4 is 47.9 Å². The van der Waals surface area contributed by atoms with Gasteiger partial charge in [0.25, 0.3) is 0 Å². The van der Waals surface area contributed by atoms with Crippen LogP contribution in [0, 0.1) is 22.7 Å². The third-order valence-electron chi connectivity index (χ3n) is 14.8. The predicted octanol–water partition coefficient (Wildman–Crippen LogP) is 7.13. The minimum Gasteiger partial charge on any atom is -0.455 e. The molecule has 4 aliphatic carbocycles. The normalized spacial score (nSPS) is 29.8. The van der Waals surface area contributed by atoms with Crippen LogP contribution in [-0.4, -0.2) is 107 Å². The zero-order valence-electron chi connectivity index (χ0n) is 41.7. The molecule has 18 nitrogen and oxygen atoms in total. The number of carbonyl (C=O) groups excluding carboxylic acids is 8. The number of rotatable bonds is 15. The fourth-order valence-electron chi connectivity index (χ4n) is 11.5. The van der Waals surface area contributed by atoms with Crippen LogP contribution >= 0.6 is 0 Å². The number of aliphatic hydroxyl groups is 1. The molecule has 3 saturated carbocycles. The molecule has 1 spiro atoms. The monoisotopic (exact) mass is 987 g/mol. The summed E-state index contributed by atoms with van der Waals surface area (Å²) in [5.74, 6) is -7.01. The standard InChI is InChI=1S/C53H65NO17/c1-10-11-12-19-24-37(57)67-48(62)68-41(39(32-20-15-13-16-21-32)54-47(61)71-49(5,6)7)46(60)66-35-27-53(63)44(69-45(59)33-22-17-14-18-23-33)42-51(26-34(51)25-36-52(42,28-64-36)70-31(4)56)43(58)40(65-30(3)55)38(29(35)2)50(53,8)9/h13-18,20-23,34-36,39-42,44,63H,10-12,19,24-28H2,1-9H3,(H,54,61)/t34-,35+,36-,39+,40-,41-,42+,44+,51-,52+,53-/m1/s1. The van der Waals surface area contributed by atoms with Crippen LogP contribution in [0.15, 0.2) is 71.8 Å². The highest BCUT2D eigenvalue weighted by molar-refractivity contribution is 5.98. The quantitative estimate of drug-likeness (QED) is 0.0593. The van der Waals surface area contributed by atoms with E-state index in [0.29, 0.717) is 12.8 Å². The summed E-state index contributed by atoms with van der Waals surface area (Å²) in [4.78, 5) is 112. The lowest BCUT2D eigenvalue weighted by atomic mass is 9.48. The van der Waals surface area contributed by atoms with Gasteiger partial charge in [0.1, 0.15) is 35.6 Å². The Labute approximate surface area is 412 Å². The molecule has 0 unspecified atom stereocenters. The number of Topliss-reactive ketones (excluding diaryl/α,β-unsaturated/α-hetero) is 1. The van der Waals surface area contributed by atoms with Gasteiger partial charge in [-0.3, -0.25) is 19.2 Å². The lowest BCUT2D eigenvalue weighted by molar-refractivity contribution is -0.323. The summed E-state index contributed by atoms with van der Waals surface area (Å²) in [5.41, 5.74) is -7.60. The van der Waals surface area contributed by atoms with Crippen molar-refractivity contribution in [3.63, 3.8) is 0 Å². The van der Waals surface area contributed by atoms with Crippen LogP contribution in [0.3, 0.4) is 0 Å². The molecule has 2 bridgehead atoms. The Hall–Kier alpha value is -6.14. The first-order valence-corrected chi connectivity index (χ1v) is 24.3. The molecule has 1 aliphatic heterocycles. The van der Waals surface area contributed by atoms with Gasteiger partial charge in [-0.2, -0.15) is 0 Å². The number of unbranched alkanes of at least 4 members (excludes halogenated alkanes) is 3. The molecule has 2 N–H and O–H groups in total. The van der Waals surface area contributed by atoms with E-state index in [9.17, 15) is 33.9 Å². The van der Waals surface area contributed by atoms with E-state index in [1.807, 2.05) is 6.92 Å². The van der Waals surface area contributed by atoms with Crippen molar-refractivity contribution in [2.75, 3.05) is 6.61 Å². The molecule has 384 valence electrons. The number of hydrogen-bond acceptors (Lipinski definition) is 17. The van der Waals surface area contributed by atoms with E-state index < -0.39 is 130 Å². The van der Waals surface area contributed by atoms with Crippen LogP contribution in [0.4, 0.5) is 9.59 Å². The van der Waals surface area contributed by atoms with Gasteiger partial charge >= 0.3 is 42.1 Å². The van der Waals surface area contributed by atoms with E-state index in [1.54, 1.807) is 71.0 Å². The maximum absolute atomic E-state index is 15.7. The first kappa shape index (κ1) is 52.7. The molecular formula is C53H65NO17. The van der Waals surface area contributed by atoms with Gasteiger partial charge in [-0.25, -0.2) is 19.2 Å². The molecule has 1 heterocycles. The highest BCUT2D eigenvalue weighted by Crippen LogP contribution is 2.74. The zero-order valence-corrected chi connectivity index (χ0v) is 41.7. The van der Waals surface area contributed by atoms with Gasteiger partial charge < -0.3 is 48.3 Å². The van der Waals surface area contributed by atoms with Gasteiger partial charge in [0.05, 0.1) is 18.1 Å². The highest BCUT2D eigenvalue weighted by atomic mass is 16.8. The number of amides is 1. The second kappa shape index (κ2) is 20.2. The molecule has 0 aromatic heterocycles. The summed E-state index contributed by atoms with van der Waals surface area (Å²) in [6.07, 6.45) is -7.83. The molecule has 11 atom stereocenters. The first-order chi connectivity index (χ1) is 33.4. The van der Waals surface area contributed by atoms with Crippen molar-refractivity contribution in [1.82, 2.24) is 5.32 Å². The SMILES string of the molecule is CCCCCCC(=O)OC(=O)O[C@@H](C(=O)O[C@H]1C[C@@]2(O)[C@@H](OC(=O)c3ccccc3)[C@@H]3[C@]4(OC(C)=O)CO[C@@H]4C[C@@H]4C[C@@]43C(=O)[C@H](OC(C)=O)C(=C1C)C2(C)C)[C@@H](NC(=O)OC(C)(C)C)c1ccccc1. The number of ketones is 1. The van der Waals surface area contributed by atoms with Crippen LogP contribution in [0.25, 0.3) is 0 Å². The van der Waals surface area contributed by atoms with Crippen LogP contribution in [-0.2, 0) is 61.9 Å². The number of ether oxygens (including phenoxy) is 8. The molecule has 1 saturated heterocycles. The van der Waals surface area contributed by atoms with E-state index >= 15 is 9.59 Å². The molecule has 7 rings (SSSR count). The molecule has 5 aliphatic rings. The number of esters is 5. The van der Waals surface area contributed by atoms with E-state index in [4.69, 9.17) is 37.9 Å². The van der Waals surface area contributed by atoms with E-state index in [2.05, 4.69) is 5.32 Å². The van der Waals surface area contributed by atoms with Gasteiger partial charge in [-0.1, -0.05) is 88.6 Å². The van der Waals surface area contributed by atoms with Crippen LogP contribution in [0.5, 0.6) is 0 Å². The summed E-state index contributed by atoms with van der Waals surface area (Å²) >= 11 is 0. The molecule has 18 heteroatoms. The molecule has 4 fully saturated rings. The van der Waals surface area contributed by atoms with Gasteiger partial charge in [-0.15, -0.1) is 0 Å². The average Bonchev–Trinajstić information content (AvgIpc) is 4.02. The van der Waals surface area contributed by atoms with Crippen molar-refractivity contribution in [3.8, 4) is 0 Å². The van der Waals surface area contributed by atoms with Gasteiger partial charge in [0.2, 0.25) is 6.10 Å². The van der Waals surface area contributed by atoms with Crippen molar-refractivity contribution in [3.05, 3.63) is 82.9 Å². The third kappa shape index (κ3) is 10.2. The molecule has 2 aromatic carbocycles. The molecular weight excluding hydrogens is 923 g/mol. The molecule has 71 heavy (non-hydrogen) atoms. The summed E-state index contributed by atoms with van der Waals surface area (Å²) in [7, 11) is 0. The number of benzene rings is 2. The Morgan fingerprint density at radius 2 is 1.54 bits per heavy atom. The summed E-state index contributed by atoms with van der Waals surface area (Å²) in [6.45, 7) is 13.7. The topological polar surface area (TPSA) is 243 Å². The minimum absolute atomic E-state index is 0.0500. The first-order valence-electron chi connectivity index (χ1n) is 24.3. The lowest BCUT2D eigenvalue weighted by Crippen LogP contribution is -2.78. The molecule has 1 amide bonds. The zero-order chi connectivity index (χ0) is 51.8. The Balaban J connectivity index is 1.37. The fourth-order valence-corrected chi connectivity index (χ4v) is 11.5. The Morgan fingerprint density at radius 3 is 2.13 bits per heavy atom. The maximum Gasteiger partial charge on any atom is 0.517 e. The van der Waals surface area contributed by atoms with Crippen molar-refractivity contribution in [1.29, 1.82) is 0 Å². The Morgan fingerprint density at radius 1 is 0.873 bits per heavy atom. The summed E-state index contributed by atoms with van der Waals surface area (Å²) in [6, 6.07) is 14.3. The lowest BCUT2D eigenvalue weighted by Gasteiger charge is -2.64. The number of alkyl carbamates (subject to hydrolysis) is 1. The number of hydrogen-bond donors (Lipinski definition) is 2. The van der Waals surface area contributed by atoms with Gasteiger partial charge in [0, 0.05) is 37.5 Å². The van der Waals surface area contributed by atoms with E-state index in [0.717, 1.165) is 19.8 Å². The Kier molecular flexibility index (Phi) is 15.0. The summed E-state index contributed by atoms with van der Waals surface area (Å²) in [5, 5.41) is 16.5. The van der Waals surface area contributed by atoms with Crippen molar-refractivity contribution in [2.24, 2.45) is 22.7 Å². The predicted molar refractivity (Wildman–Crippen MR) is 249 cm³/mol. The fraction of sp³-hybridized carbons (Fsp3) is 0.585. The van der Waals surface area contributed by atoms with Gasteiger partial charge in [0.15, 0.2) is 17.5 Å². The Bertz CT molecular complexity index is 2450. The van der Waals surface area contributed by atoms with Crippen molar-refractivity contribution < 1.29 is 81.4 Å². The number of carbonyl (C=O) groups is 8. The second-order valence-electron chi connectivity index (χ2n) is 20.9. The second-order valence-corrected chi connectivity index (χ2v) is 20.9. The van der Waals surface area contributed by atoms with E-state index in [-0.39, 0.29) is 48.1 Å². The summed E-state index contributed by atoms with van der Waals surface area (Å²) < 4.78 is 47.3. The van der Waals surface area contributed by atoms with Crippen LogP contribution in [0.1, 0.15) is 136 Å². The van der Waals surface area contributed by atoms with Crippen LogP contribution in [0.2, 0.25) is 0 Å². The minimum atomic E-state index is -2.36. The number of nitrogens with one attached hydrogen (secondary N) is 1. The van der Waals surface area contributed by atoms with E-state index in [1.165, 1.54) is 38.1 Å².